The van der Waals surface area contributed by atoms with Crippen molar-refractivity contribution in [2.45, 2.75) is 6.42 Å². The SMILES string of the molecule is Cn1nc(Br)c(NC(=O)Cc2ccc(-c3cc(F)cc(F)c3)nc2)c1C(N)=O. The van der Waals surface area contributed by atoms with E-state index in [1.807, 2.05) is 0 Å². The lowest BCUT2D eigenvalue weighted by molar-refractivity contribution is -0.115. The summed E-state index contributed by atoms with van der Waals surface area (Å²) in [4.78, 5) is 28.0. The van der Waals surface area contributed by atoms with E-state index < -0.39 is 23.4 Å². The quantitative estimate of drug-likeness (QED) is 0.624. The van der Waals surface area contributed by atoms with Crippen molar-refractivity contribution in [2.75, 3.05) is 5.32 Å². The van der Waals surface area contributed by atoms with Gasteiger partial charge < -0.3 is 11.1 Å². The Morgan fingerprint density at radius 3 is 2.46 bits per heavy atom. The Hall–Kier alpha value is -3.14. The second-order valence-electron chi connectivity index (χ2n) is 5.94. The topological polar surface area (TPSA) is 103 Å². The molecule has 0 spiro atoms. The van der Waals surface area contributed by atoms with Gasteiger partial charge in [-0.1, -0.05) is 6.07 Å². The molecule has 2 amide bonds. The van der Waals surface area contributed by atoms with Gasteiger partial charge in [-0.05, 0) is 39.7 Å². The van der Waals surface area contributed by atoms with Gasteiger partial charge in [-0.3, -0.25) is 19.3 Å². The van der Waals surface area contributed by atoms with Gasteiger partial charge in [0.15, 0.2) is 10.3 Å². The number of carbonyl (C=O) groups excluding carboxylic acids is 2. The average Bonchev–Trinajstić information content (AvgIpc) is 2.88. The zero-order valence-corrected chi connectivity index (χ0v) is 16.1. The van der Waals surface area contributed by atoms with E-state index in [2.05, 4.69) is 31.3 Å². The molecule has 0 saturated heterocycles. The van der Waals surface area contributed by atoms with Crippen molar-refractivity contribution in [1.82, 2.24) is 14.8 Å². The fraction of sp³-hybridized carbons (Fsp3) is 0.111. The minimum absolute atomic E-state index is 0.0374. The highest BCUT2D eigenvalue weighted by atomic mass is 79.9. The largest absolute Gasteiger partial charge is 0.364 e. The molecule has 144 valence electrons. The number of nitrogens with zero attached hydrogens (tertiary/aromatic N) is 3. The molecule has 0 atom stereocenters. The summed E-state index contributed by atoms with van der Waals surface area (Å²) in [7, 11) is 1.53. The average molecular weight is 450 g/mol. The second kappa shape index (κ2) is 7.85. The van der Waals surface area contributed by atoms with Gasteiger partial charge in [0.25, 0.3) is 5.91 Å². The summed E-state index contributed by atoms with van der Waals surface area (Å²) in [6.45, 7) is 0. The molecule has 2 aromatic heterocycles. The molecule has 0 unspecified atom stereocenters. The van der Waals surface area contributed by atoms with Crippen LogP contribution in [-0.2, 0) is 18.3 Å². The van der Waals surface area contributed by atoms with E-state index in [0.29, 0.717) is 16.8 Å². The first-order valence-corrected chi connectivity index (χ1v) is 8.77. The smallest absolute Gasteiger partial charge is 0.269 e. The lowest BCUT2D eigenvalue weighted by Gasteiger charge is -2.07. The summed E-state index contributed by atoms with van der Waals surface area (Å²) in [6, 6.07) is 6.30. The third-order valence-corrected chi connectivity index (χ3v) is 4.41. The number of nitrogens with one attached hydrogen (secondary N) is 1. The van der Waals surface area contributed by atoms with Crippen molar-refractivity contribution >= 4 is 33.4 Å². The number of anilines is 1. The van der Waals surface area contributed by atoms with Crippen LogP contribution in [0, 0.1) is 11.6 Å². The van der Waals surface area contributed by atoms with E-state index in [-0.39, 0.29) is 22.4 Å². The first-order chi connectivity index (χ1) is 13.2. The number of primary amides is 1. The molecule has 2 heterocycles. The lowest BCUT2D eigenvalue weighted by Crippen LogP contribution is -2.21. The number of pyridine rings is 1. The van der Waals surface area contributed by atoms with Crippen LogP contribution in [0.5, 0.6) is 0 Å². The summed E-state index contributed by atoms with van der Waals surface area (Å²) in [6.07, 6.45) is 1.40. The number of aryl methyl sites for hydroxylation is 1. The van der Waals surface area contributed by atoms with Crippen molar-refractivity contribution in [3.05, 3.63) is 64.0 Å². The van der Waals surface area contributed by atoms with Crippen LogP contribution in [-0.4, -0.2) is 26.6 Å². The van der Waals surface area contributed by atoms with Crippen molar-refractivity contribution in [3.63, 3.8) is 0 Å². The zero-order chi connectivity index (χ0) is 20.4. The second-order valence-corrected chi connectivity index (χ2v) is 6.69. The first kappa shape index (κ1) is 19.6. The van der Waals surface area contributed by atoms with Crippen molar-refractivity contribution < 1.29 is 18.4 Å². The molecule has 1 aromatic carbocycles. The van der Waals surface area contributed by atoms with Gasteiger partial charge in [0.2, 0.25) is 5.91 Å². The van der Waals surface area contributed by atoms with Gasteiger partial charge in [0, 0.05) is 24.9 Å². The normalized spacial score (nSPS) is 10.7. The molecule has 0 aliphatic carbocycles. The monoisotopic (exact) mass is 449 g/mol. The molecule has 10 heteroatoms. The summed E-state index contributed by atoms with van der Waals surface area (Å²) in [5, 5.41) is 6.59. The van der Waals surface area contributed by atoms with Crippen molar-refractivity contribution in [2.24, 2.45) is 12.8 Å². The summed E-state index contributed by atoms with van der Waals surface area (Å²) in [5.41, 5.74) is 6.78. The van der Waals surface area contributed by atoms with Gasteiger partial charge in [-0.2, -0.15) is 5.10 Å². The number of rotatable bonds is 5. The van der Waals surface area contributed by atoms with Gasteiger partial charge >= 0.3 is 0 Å². The molecule has 0 saturated carbocycles. The molecule has 0 bridgehead atoms. The van der Waals surface area contributed by atoms with Crippen molar-refractivity contribution in [1.29, 1.82) is 0 Å². The maximum atomic E-state index is 13.3. The molecule has 0 aliphatic heterocycles. The Labute approximate surface area is 166 Å². The van der Waals surface area contributed by atoms with E-state index in [0.717, 1.165) is 6.07 Å². The molecule has 28 heavy (non-hydrogen) atoms. The fourth-order valence-electron chi connectivity index (χ4n) is 2.66. The van der Waals surface area contributed by atoms with E-state index in [9.17, 15) is 18.4 Å². The predicted octanol–water partition coefficient (Wildman–Crippen LogP) is 2.80. The van der Waals surface area contributed by atoms with Crippen LogP contribution in [0.4, 0.5) is 14.5 Å². The Morgan fingerprint density at radius 2 is 1.89 bits per heavy atom. The number of hydrogen-bond donors (Lipinski definition) is 2. The van der Waals surface area contributed by atoms with Gasteiger partial charge in [0.1, 0.15) is 17.3 Å². The van der Waals surface area contributed by atoms with Crippen LogP contribution >= 0.6 is 15.9 Å². The Bertz CT molecular complexity index is 1050. The molecular weight excluding hydrogens is 436 g/mol. The molecule has 0 radical (unpaired) electrons. The standard InChI is InChI=1S/C18H14BrF2N5O2/c1-26-16(18(22)28)15(17(19)25-26)24-14(27)4-9-2-3-13(23-8-9)10-5-11(20)7-12(21)6-10/h2-3,5-8H,4H2,1H3,(H2,22,28)(H,24,27). The third kappa shape index (κ3) is 4.22. The number of carbonyl (C=O) groups is 2. The zero-order valence-electron chi connectivity index (χ0n) is 14.5. The number of hydrogen-bond acceptors (Lipinski definition) is 4. The highest BCUT2D eigenvalue weighted by molar-refractivity contribution is 9.10. The van der Waals surface area contributed by atoms with E-state index in [1.54, 1.807) is 12.1 Å². The van der Waals surface area contributed by atoms with E-state index in [4.69, 9.17) is 5.73 Å². The van der Waals surface area contributed by atoms with Crippen molar-refractivity contribution in [3.8, 4) is 11.3 Å². The predicted molar refractivity (Wildman–Crippen MR) is 101 cm³/mol. The van der Waals surface area contributed by atoms with Gasteiger partial charge in [-0.15, -0.1) is 0 Å². The molecular formula is C18H14BrF2N5O2. The number of aromatic nitrogens is 3. The molecule has 0 fully saturated rings. The van der Waals surface area contributed by atoms with Crippen LogP contribution in [0.2, 0.25) is 0 Å². The molecule has 3 N–H and O–H groups in total. The van der Waals surface area contributed by atoms with E-state index >= 15 is 0 Å². The lowest BCUT2D eigenvalue weighted by atomic mass is 10.1. The van der Waals surface area contributed by atoms with E-state index in [1.165, 1.54) is 30.1 Å². The van der Waals surface area contributed by atoms with Crippen LogP contribution < -0.4 is 11.1 Å². The van der Waals surface area contributed by atoms with Crippen LogP contribution in [0.1, 0.15) is 16.1 Å². The summed E-state index contributed by atoms with van der Waals surface area (Å²) < 4.78 is 28.2. The minimum atomic E-state index is -0.732. The maximum absolute atomic E-state index is 13.3. The molecule has 0 aliphatic rings. The summed E-state index contributed by atoms with van der Waals surface area (Å²) >= 11 is 3.17. The Morgan fingerprint density at radius 1 is 1.21 bits per heavy atom. The Kier molecular flexibility index (Phi) is 5.50. The van der Waals surface area contributed by atoms with Gasteiger partial charge in [0.05, 0.1) is 12.1 Å². The summed E-state index contributed by atoms with van der Waals surface area (Å²) in [5.74, 6) is -2.55. The number of benzene rings is 1. The third-order valence-electron chi connectivity index (χ3n) is 3.85. The number of halogens is 3. The Balaban J connectivity index is 1.74. The number of amides is 2. The highest BCUT2D eigenvalue weighted by Gasteiger charge is 2.20. The molecule has 3 aromatic rings. The maximum Gasteiger partial charge on any atom is 0.269 e. The van der Waals surface area contributed by atoms with Gasteiger partial charge in [-0.25, -0.2) is 8.78 Å². The number of nitrogens with two attached hydrogens (primary N) is 1. The fourth-order valence-corrected chi connectivity index (χ4v) is 3.18. The van der Waals surface area contributed by atoms with Crippen LogP contribution in [0.3, 0.4) is 0 Å². The van der Waals surface area contributed by atoms with Crippen LogP contribution in [0.15, 0.2) is 41.1 Å². The highest BCUT2D eigenvalue weighted by Crippen LogP contribution is 2.25. The first-order valence-electron chi connectivity index (χ1n) is 7.98. The molecule has 3 rings (SSSR count). The van der Waals surface area contributed by atoms with Crippen LogP contribution in [0.25, 0.3) is 11.3 Å². The minimum Gasteiger partial charge on any atom is -0.364 e. The molecule has 7 nitrogen and oxygen atoms in total.